The number of aliphatic hydroxyl groups is 2. The Morgan fingerprint density at radius 1 is 1.35 bits per heavy atom. The van der Waals surface area contributed by atoms with E-state index in [9.17, 15) is 9.59 Å². The first-order valence-corrected chi connectivity index (χ1v) is 6.69. The number of hydrogen-bond donors (Lipinski definition) is 4. The van der Waals surface area contributed by atoms with Crippen molar-refractivity contribution in [3.8, 4) is 0 Å². The molecule has 0 heterocycles. The molecule has 2 amide bonds. The van der Waals surface area contributed by atoms with Crippen molar-refractivity contribution in [2.45, 2.75) is 45.2 Å². The van der Waals surface area contributed by atoms with E-state index in [2.05, 4.69) is 17.2 Å². The summed E-state index contributed by atoms with van der Waals surface area (Å²) in [5.41, 5.74) is -0.731. The number of carbonyl (C=O) groups excluding carboxylic acids is 2. The number of nitrogens with one attached hydrogen (secondary N) is 2. The van der Waals surface area contributed by atoms with Crippen LogP contribution in [0.25, 0.3) is 0 Å². The molecule has 0 unspecified atom stereocenters. The molecule has 6 nitrogen and oxygen atoms in total. The molecule has 0 radical (unpaired) electrons. The van der Waals surface area contributed by atoms with Crippen LogP contribution in [-0.2, 0) is 9.59 Å². The molecule has 0 fully saturated rings. The standard InChI is InChI=1S/C14H26N2O4/c1-5-6-11(7-12(19)15-10(2)8-17)13(20)16-14(3,4)9-18/h5,10-11,17-18H,1,6-9H2,2-4H3,(H,15,19)(H,16,20)/t10-,11-/m0/s1. The predicted octanol–water partition coefficient (Wildman–Crippen LogP) is -0.0471. The molecule has 0 rings (SSSR count). The van der Waals surface area contributed by atoms with Gasteiger partial charge in [-0.15, -0.1) is 6.58 Å². The van der Waals surface area contributed by atoms with Gasteiger partial charge in [0.2, 0.25) is 11.8 Å². The lowest BCUT2D eigenvalue weighted by molar-refractivity contribution is -0.132. The van der Waals surface area contributed by atoms with Crippen molar-refractivity contribution < 1.29 is 19.8 Å². The number of carbonyl (C=O) groups is 2. The fourth-order valence-corrected chi connectivity index (χ4v) is 1.56. The molecule has 20 heavy (non-hydrogen) atoms. The Labute approximate surface area is 120 Å². The summed E-state index contributed by atoms with van der Waals surface area (Å²) in [5, 5.41) is 23.3. The summed E-state index contributed by atoms with van der Waals surface area (Å²) in [6.07, 6.45) is 1.97. The fraction of sp³-hybridized carbons (Fsp3) is 0.714. The summed E-state index contributed by atoms with van der Waals surface area (Å²) < 4.78 is 0. The Balaban J connectivity index is 4.59. The maximum absolute atomic E-state index is 12.1. The third-order valence-electron chi connectivity index (χ3n) is 2.79. The van der Waals surface area contributed by atoms with Crippen molar-refractivity contribution >= 4 is 11.8 Å². The van der Waals surface area contributed by atoms with Crippen LogP contribution in [0.2, 0.25) is 0 Å². The Morgan fingerprint density at radius 3 is 2.40 bits per heavy atom. The smallest absolute Gasteiger partial charge is 0.224 e. The second-order valence-electron chi connectivity index (χ2n) is 5.61. The highest BCUT2D eigenvalue weighted by atomic mass is 16.3. The number of aliphatic hydroxyl groups excluding tert-OH is 2. The highest BCUT2D eigenvalue weighted by Gasteiger charge is 2.26. The minimum absolute atomic E-state index is 0.0176. The van der Waals surface area contributed by atoms with Crippen molar-refractivity contribution in [2.24, 2.45) is 5.92 Å². The highest BCUT2D eigenvalue weighted by Crippen LogP contribution is 2.12. The highest BCUT2D eigenvalue weighted by molar-refractivity contribution is 5.86. The van der Waals surface area contributed by atoms with E-state index in [1.807, 2.05) is 0 Å². The van der Waals surface area contributed by atoms with Crippen molar-refractivity contribution in [1.82, 2.24) is 10.6 Å². The van der Waals surface area contributed by atoms with Gasteiger partial charge in [0, 0.05) is 12.5 Å². The molecule has 0 aromatic rings. The molecule has 0 spiro atoms. The fourth-order valence-electron chi connectivity index (χ4n) is 1.56. The number of allylic oxidation sites excluding steroid dienone is 1. The van der Waals surface area contributed by atoms with Crippen molar-refractivity contribution in [3.63, 3.8) is 0 Å². The van der Waals surface area contributed by atoms with Crippen LogP contribution < -0.4 is 10.6 Å². The van der Waals surface area contributed by atoms with Crippen LogP contribution in [0.5, 0.6) is 0 Å². The van der Waals surface area contributed by atoms with E-state index in [1.54, 1.807) is 26.8 Å². The van der Waals surface area contributed by atoms with Crippen LogP contribution in [-0.4, -0.2) is 46.8 Å². The summed E-state index contributed by atoms with van der Waals surface area (Å²) in [7, 11) is 0. The zero-order chi connectivity index (χ0) is 15.8. The van der Waals surface area contributed by atoms with Crippen LogP contribution in [0.1, 0.15) is 33.6 Å². The van der Waals surface area contributed by atoms with Gasteiger partial charge in [0.1, 0.15) is 0 Å². The van der Waals surface area contributed by atoms with Gasteiger partial charge in [-0.2, -0.15) is 0 Å². The molecule has 0 saturated carbocycles. The topological polar surface area (TPSA) is 98.7 Å². The first-order valence-electron chi connectivity index (χ1n) is 6.69. The molecular weight excluding hydrogens is 260 g/mol. The van der Waals surface area contributed by atoms with Crippen LogP contribution in [0.4, 0.5) is 0 Å². The zero-order valence-corrected chi connectivity index (χ0v) is 12.5. The molecule has 6 heteroatoms. The Morgan fingerprint density at radius 2 is 1.95 bits per heavy atom. The SMILES string of the molecule is C=CC[C@@H](CC(=O)N[C@@H](C)CO)C(=O)NC(C)(C)CO. The largest absolute Gasteiger partial charge is 0.394 e. The van der Waals surface area contributed by atoms with Gasteiger partial charge >= 0.3 is 0 Å². The van der Waals surface area contributed by atoms with E-state index in [1.165, 1.54) is 0 Å². The molecule has 4 N–H and O–H groups in total. The van der Waals surface area contributed by atoms with Crippen LogP contribution in [0.3, 0.4) is 0 Å². The van der Waals surface area contributed by atoms with Gasteiger partial charge in [-0.3, -0.25) is 9.59 Å². The molecule has 0 aliphatic carbocycles. The molecule has 0 aromatic carbocycles. The Hall–Kier alpha value is -1.40. The molecule has 0 saturated heterocycles. The second-order valence-corrected chi connectivity index (χ2v) is 5.61. The normalized spacial score (nSPS) is 14.2. The van der Waals surface area contributed by atoms with Gasteiger partial charge in [0.05, 0.1) is 24.7 Å². The maximum atomic E-state index is 12.1. The van der Waals surface area contributed by atoms with Gasteiger partial charge in [-0.05, 0) is 27.2 Å². The van der Waals surface area contributed by atoms with E-state index in [0.29, 0.717) is 6.42 Å². The third-order valence-corrected chi connectivity index (χ3v) is 2.79. The number of amides is 2. The van der Waals surface area contributed by atoms with Gasteiger partial charge in [-0.1, -0.05) is 6.08 Å². The first-order chi connectivity index (χ1) is 9.25. The second kappa shape index (κ2) is 8.71. The van der Waals surface area contributed by atoms with Gasteiger partial charge in [0.25, 0.3) is 0 Å². The summed E-state index contributed by atoms with van der Waals surface area (Å²) in [6.45, 7) is 8.32. The maximum Gasteiger partial charge on any atom is 0.224 e. The number of hydrogen-bond acceptors (Lipinski definition) is 4. The summed E-state index contributed by atoms with van der Waals surface area (Å²) in [6, 6.07) is -0.344. The molecule has 0 aliphatic heterocycles. The molecule has 2 atom stereocenters. The number of rotatable bonds is 9. The Kier molecular flexibility index (Phi) is 8.10. The van der Waals surface area contributed by atoms with E-state index >= 15 is 0 Å². The van der Waals surface area contributed by atoms with Gasteiger partial charge in [-0.25, -0.2) is 0 Å². The molecule has 0 aromatic heterocycles. The minimum atomic E-state index is -0.731. The van der Waals surface area contributed by atoms with Crippen LogP contribution >= 0.6 is 0 Å². The van der Waals surface area contributed by atoms with E-state index < -0.39 is 11.5 Å². The lowest BCUT2D eigenvalue weighted by Gasteiger charge is -2.26. The molecule has 116 valence electrons. The molecule has 0 aliphatic rings. The minimum Gasteiger partial charge on any atom is -0.394 e. The van der Waals surface area contributed by atoms with Crippen LogP contribution in [0, 0.1) is 5.92 Å². The van der Waals surface area contributed by atoms with Crippen molar-refractivity contribution in [3.05, 3.63) is 12.7 Å². The van der Waals surface area contributed by atoms with E-state index in [0.717, 1.165) is 0 Å². The summed E-state index contributed by atoms with van der Waals surface area (Å²) in [5.74, 6) is -1.13. The predicted molar refractivity (Wildman–Crippen MR) is 76.9 cm³/mol. The molecular formula is C14H26N2O4. The van der Waals surface area contributed by atoms with Crippen molar-refractivity contribution in [2.75, 3.05) is 13.2 Å². The van der Waals surface area contributed by atoms with Gasteiger partial charge in [0.15, 0.2) is 0 Å². The monoisotopic (exact) mass is 286 g/mol. The van der Waals surface area contributed by atoms with E-state index in [4.69, 9.17) is 10.2 Å². The molecule has 0 bridgehead atoms. The summed E-state index contributed by atoms with van der Waals surface area (Å²) in [4.78, 5) is 23.9. The van der Waals surface area contributed by atoms with E-state index in [-0.39, 0.29) is 37.5 Å². The quantitative estimate of drug-likeness (QED) is 0.447. The average molecular weight is 286 g/mol. The lowest BCUT2D eigenvalue weighted by Crippen LogP contribution is -2.49. The van der Waals surface area contributed by atoms with Crippen molar-refractivity contribution in [1.29, 1.82) is 0 Å². The first kappa shape index (κ1) is 18.6. The third kappa shape index (κ3) is 7.25. The lowest BCUT2D eigenvalue weighted by atomic mass is 9.97. The zero-order valence-electron chi connectivity index (χ0n) is 12.5. The van der Waals surface area contributed by atoms with Gasteiger partial charge < -0.3 is 20.8 Å². The Bertz CT molecular complexity index is 342. The summed E-state index contributed by atoms with van der Waals surface area (Å²) >= 11 is 0. The van der Waals surface area contributed by atoms with Crippen LogP contribution in [0.15, 0.2) is 12.7 Å². The average Bonchev–Trinajstić information content (AvgIpc) is 2.37.